The SMILES string of the molecule is Cc1cccc(C)c1NC(=O)/C(C#N)=C\c1ccc(C(=O)O)cc1. The van der Waals surface area contributed by atoms with Crippen molar-refractivity contribution in [3.63, 3.8) is 0 Å². The third-order valence-corrected chi connectivity index (χ3v) is 3.55. The molecule has 5 nitrogen and oxygen atoms in total. The second kappa shape index (κ2) is 7.25. The first kappa shape index (κ1) is 17.0. The average molecular weight is 320 g/mol. The first-order valence-electron chi connectivity index (χ1n) is 7.25. The van der Waals surface area contributed by atoms with Gasteiger partial charge < -0.3 is 10.4 Å². The summed E-state index contributed by atoms with van der Waals surface area (Å²) in [4.78, 5) is 23.2. The van der Waals surface area contributed by atoms with Crippen molar-refractivity contribution in [3.8, 4) is 6.07 Å². The first-order chi connectivity index (χ1) is 11.4. The van der Waals surface area contributed by atoms with Crippen LogP contribution >= 0.6 is 0 Å². The van der Waals surface area contributed by atoms with Crippen LogP contribution in [0.5, 0.6) is 0 Å². The highest BCUT2D eigenvalue weighted by Gasteiger charge is 2.12. The van der Waals surface area contributed by atoms with Crippen LogP contribution in [0, 0.1) is 25.2 Å². The Bertz CT molecular complexity index is 839. The Morgan fingerprint density at radius 3 is 2.17 bits per heavy atom. The Labute approximate surface area is 139 Å². The van der Waals surface area contributed by atoms with Gasteiger partial charge in [0.05, 0.1) is 5.56 Å². The molecule has 0 saturated heterocycles. The highest BCUT2D eigenvalue weighted by Crippen LogP contribution is 2.20. The zero-order chi connectivity index (χ0) is 17.7. The van der Waals surface area contributed by atoms with Crippen LogP contribution in [0.3, 0.4) is 0 Å². The van der Waals surface area contributed by atoms with E-state index in [0.717, 1.165) is 11.1 Å². The predicted molar refractivity (Wildman–Crippen MR) is 91.5 cm³/mol. The number of nitrogens with zero attached hydrogens (tertiary/aromatic N) is 1. The molecule has 5 heteroatoms. The fourth-order valence-corrected chi connectivity index (χ4v) is 2.23. The summed E-state index contributed by atoms with van der Waals surface area (Å²) in [6.45, 7) is 3.76. The third kappa shape index (κ3) is 3.87. The number of anilines is 1. The van der Waals surface area contributed by atoms with Crippen LogP contribution in [0.25, 0.3) is 6.08 Å². The van der Waals surface area contributed by atoms with Gasteiger partial charge in [-0.3, -0.25) is 4.79 Å². The number of benzene rings is 2. The van der Waals surface area contributed by atoms with Crippen LogP contribution in [-0.2, 0) is 4.79 Å². The molecule has 2 N–H and O–H groups in total. The summed E-state index contributed by atoms with van der Waals surface area (Å²) < 4.78 is 0. The van der Waals surface area contributed by atoms with Gasteiger partial charge in [-0.05, 0) is 48.7 Å². The minimum atomic E-state index is -1.03. The Morgan fingerprint density at radius 2 is 1.67 bits per heavy atom. The normalized spacial score (nSPS) is 10.8. The smallest absolute Gasteiger partial charge is 0.335 e. The van der Waals surface area contributed by atoms with Crippen LogP contribution in [0.2, 0.25) is 0 Å². The fraction of sp³-hybridized carbons (Fsp3) is 0.105. The number of nitrogens with one attached hydrogen (secondary N) is 1. The lowest BCUT2D eigenvalue weighted by atomic mass is 10.1. The minimum absolute atomic E-state index is 0.0549. The van der Waals surface area contributed by atoms with Gasteiger partial charge in [0.15, 0.2) is 0 Å². The number of carbonyl (C=O) groups is 2. The molecule has 2 aromatic rings. The van der Waals surface area contributed by atoms with E-state index in [1.165, 1.54) is 18.2 Å². The zero-order valence-electron chi connectivity index (χ0n) is 13.3. The van der Waals surface area contributed by atoms with Gasteiger partial charge >= 0.3 is 5.97 Å². The van der Waals surface area contributed by atoms with Crippen molar-refractivity contribution in [2.45, 2.75) is 13.8 Å². The molecule has 0 aliphatic rings. The molecule has 0 aliphatic carbocycles. The molecule has 0 aromatic heterocycles. The van der Waals surface area contributed by atoms with E-state index in [0.29, 0.717) is 11.3 Å². The quantitative estimate of drug-likeness (QED) is 0.666. The number of hydrogen-bond donors (Lipinski definition) is 2. The summed E-state index contributed by atoms with van der Waals surface area (Å²) in [5.74, 6) is -1.53. The molecule has 120 valence electrons. The molecule has 0 bridgehead atoms. The number of carboxylic acid groups (broad SMARTS) is 1. The second-order valence-corrected chi connectivity index (χ2v) is 5.32. The van der Waals surface area contributed by atoms with Crippen LogP contribution in [0.15, 0.2) is 48.0 Å². The van der Waals surface area contributed by atoms with Gasteiger partial charge in [0.1, 0.15) is 11.6 Å². The lowest BCUT2D eigenvalue weighted by molar-refractivity contribution is -0.112. The molecular weight excluding hydrogens is 304 g/mol. The van der Waals surface area contributed by atoms with Crippen molar-refractivity contribution in [1.29, 1.82) is 5.26 Å². The number of rotatable bonds is 4. The molecule has 1 amide bonds. The molecule has 0 atom stereocenters. The van der Waals surface area contributed by atoms with Crippen LogP contribution in [0.4, 0.5) is 5.69 Å². The molecule has 0 radical (unpaired) electrons. The van der Waals surface area contributed by atoms with Crippen molar-refractivity contribution < 1.29 is 14.7 Å². The van der Waals surface area contributed by atoms with E-state index in [-0.39, 0.29) is 11.1 Å². The Hall–Kier alpha value is -3.39. The maximum absolute atomic E-state index is 12.3. The Kier molecular flexibility index (Phi) is 5.13. The number of carbonyl (C=O) groups excluding carboxylic acids is 1. The third-order valence-electron chi connectivity index (χ3n) is 3.55. The number of aromatic carboxylic acids is 1. The van der Waals surface area contributed by atoms with Gasteiger partial charge in [0.25, 0.3) is 5.91 Å². The predicted octanol–water partition coefficient (Wildman–Crippen LogP) is 3.55. The molecule has 0 fully saturated rings. The Balaban J connectivity index is 2.26. The lowest BCUT2D eigenvalue weighted by Gasteiger charge is -2.10. The van der Waals surface area contributed by atoms with Gasteiger partial charge in [-0.25, -0.2) is 4.79 Å². The molecule has 24 heavy (non-hydrogen) atoms. The van der Waals surface area contributed by atoms with Gasteiger partial charge in [-0.15, -0.1) is 0 Å². The van der Waals surface area contributed by atoms with Crippen LogP contribution in [0.1, 0.15) is 27.0 Å². The zero-order valence-corrected chi connectivity index (χ0v) is 13.3. The average Bonchev–Trinajstić information content (AvgIpc) is 2.56. The molecule has 0 spiro atoms. The molecule has 0 unspecified atom stereocenters. The highest BCUT2D eigenvalue weighted by molar-refractivity contribution is 6.10. The molecular formula is C19H16N2O3. The topological polar surface area (TPSA) is 90.2 Å². The van der Waals surface area contributed by atoms with Crippen LogP contribution in [-0.4, -0.2) is 17.0 Å². The van der Waals surface area contributed by atoms with Crippen molar-refractivity contribution in [2.24, 2.45) is 0 Å². The van der Waals surface area contributed by atoms with E-state index in [2.05, 4.69) is 5.32 Å². The minimum Gasteiger partial charge on any atom is -0.478 e. The summed E-state index contributed by atoms with van der Waals surface area (Å²) in [6, 6.07) is 13.5. The van der Waals surface area contributed by atoms with E-state index >= 15 is 0 Å². The largest absolute Gasteiger partial charge is 0.478 e. The number of hydrogen-bond acceptors (Lipinski definition) is 3. The molecule has 0 aliphatic heterocycles. The van der Waals surface area contributed by atoms with E-state index < -0.39 is 11.9 Å². The van der Waals surface area contributed by atoms with Crippen LogP contribution < -0.4 is 5.32 Å². The highest BCUT2D eigenvalue weighted by atomic mass is 16.4. The number of aryl methyl sites for hydroxylation is 2. The van der Waals surface area contributed by atoms with E-state index in [9.17, 15) is 14.9 Å². The maximum atomic E-state index is 12.3. The number of carboxylic acids is 1. The summed E-state index contributed by atoms with van der Waals surface area (Å²) >= 11 is 0. The van der Waals surface area contributed by atoms with Crippen molar-refractivity contribution in [2.75, 3.05) is 5.32 Å². The van der Waals surface area contributed by atoms with Gasteiger partial charge in [0.2, 0.25) is 0 Å². The monoisotopic (exact) mass is 320 g/mol. The van der Waals surface area contributed by atoms with Crippen molar-refractivity contribution in [1.82, 2.24) is 0 Å². The van der Waals surface area contributed by atoms with Crippen molar-refractivity contribution >= 4 is 23.6 Å². The van der Waals surface area contributed by atoms with Gasteiger partial charge in [-0.2, -0.15) is 5.26 Å². The summed E-state index contributed by atoms with van der Waals surface area (Å²) in [6.07, 6.45) is 1.43. The fourth-order valence-electron chi connectivity index (χ4n) is 2.23. The van der Waals surface area contributed by atoms with E-state index in [4.69, 9.17) is 5.11 Å². The summed E-state index contributed by atoms with van der Waals surface area (Å²) in [5, 5.41) is 20.9. The van der Waals surface area contributed by atoms with E-state index in [1.54, 1.807) is 12.1 Å². The Morgan fingerprint density at radius 1 is 1.08 bits per heavy atom. The van der Waals surface area contributed by atoms with E-state index in [1.807, 2.05) is 38.1 Å². The van der Waals surface area contributed by atoms with Gasteiger partial charge in [0, 0.05) is 5.69 Å². The number of amides is 1. The molecule has 0 saturated carbocycles. The van der Waals surface area contributed by atoms with Crippen molar-refractivity contribution in [3.05, 3.63) is 70.3 Å². The maximum Gasteiger partial charge on any atom is 0.335 e. The molecule has 2 rings (SSSR count). The summed E-state index contributed by atoms with van der Waals surface area (Å²) in [7, 11) is 0. The van der Waals surface area contributed by atoms with Gasteiger partial charge in [-0.1, -0.05) is 30.3 Å². The standard InChI is InChI=1S/C19H16N2O3/c1-12-4-3-5-13(2)17(12)21-18(22)16(11-20)10-14-6-8-15(9-7-14)19(23)24/h3-10H,1-2H3,(H,21,22)(H,23,24)/b16-10-. The lowest BCUT2D eigenvalue weighted by Crippen LogP contribution is -2.15. The summed E-state index contributed by atoms with van der Waals surface area (Å²) in [5.41, 5.74) is 3.17. The second-order valence-electron chi connectivity index (χ2n) is 5.32. The number of nitriles is 1. The molecule has 2 aromatic carbocycles. The number of para-hydroxylation sites is 1. The first-order valence-corrected chi connectivity index (χ1v) is 7.25. The molecule has 0 heterocycles.